The van der Waals surface area contributed by atoms with Crippen LogP contribution in [0.2, 0.25) is 0 Å². The Morgan fingerprint density at radius 2 is 1.89 bits per heavy atom. The minimum absolute atomic E-state index is 0.0155. The zero-order valence-corrected chi connectivity index (χ0v) is 11.8. The van der Waals surface area contributed by atoms with E-state index in [9.17, 15) is 22.0 Å². The van der Waals surface area contributed by atoms with Crippen LogP contribution in [0.3, 0.4) is 0 Å². The Kier molecular flexibility index (Phi) is 3.62. The van der Waals surface area contributed by atoms with Gasteiger partial charge in [0.1, 0.15) is 0 Å². The van der Waals surface area contributed by atoms with Crippen molar-refractivity contribution in [1.82, 2.24) is 0 Å². The third-order valence-corrected chi connectivity index (χ3v) is 5.80. The number of carbonyl (C=O) groups is 1. The van der Waals surface area contributed by atoms with Crippen LogP contribution in [0.15, 0.2) is 0 Å². The number of fused-ring (bicyclic) bond motifs is 2. The maximum absolute atomic E-state index is 13.5. The molecule has 0 radical (unpaired) electrons. The first kappa shape index (κ1) is 14.7. The molecule has 19 heavy (non-hydrogen) atoms. The first-order valence-corrected chi connectivity index (χ1v) is 8.20. The van der Waals surface area contributed by atoms with Gasteiger partial charge in [0.05, 0.1) is 13.0 Å². The average Bonchev–Trinajstić information content (AvgIpc) is 2.85. The van der Waals surface area contributed by atoms with Crippen LogP contribution in [0, 0.1) is 23.7 Å². The van der Waals surface area contributed by atoms with Crippen LogP contribution in [0.25, 0.3) is 0 Å². The molecule has 4 atom stereocenters. The zero-order valence-electron chi connectivity index (χ0n) is 10.9. The quantitative estimate of drug-likeness (QED) is 0.743. The summed E-state index contributed by atoms with van der Waals surface area (Å²) in [6.45, 7) is 0. The van der Waals surface area contributed by atoms with E-state index < -0.39 is 21.5 Å². The van der Waals surface area contributed by atoms with Gasteiger partial charge in [0.25, 0.3) is 0 Å². The Hall–Kier alpha value is -0.720. The van der Waals surface area contributed by atoms with Gasteiger partial charge in [-0.05, 0) is 37.0 Å². The topological polar surface area (TPSA) is 60.4 Å². The van der Waals surface area contributed by atoms with Crippen LogP contribution < -0.4 is 0 Å². The van der Waals surface area contributed by atoms with E-state index in [1.165, 1.54) is 7.11 Å². The van der Waals surface area contributed by atoms with Gasteiger partial charge >= 0.3 is 11.2 Å². The number of hydrogen-bond acceptors (Lipinski definition) is 4. The monoisotopic (exact) mass is 296 g/mol. The molecule has 2 rings (SSSR count). The summed E-state index contributed by atoms with van der Waals surface area (Å²) in [6, 6.07) is 0. The summed E-state index contributed by atoms with van der Waals surface area (Å²) in [6.07, 6.45) is 1.71. The van der Waals surface area contributed by atoms with Gasteiger partial charge in [0.15, 0.2) is 0 Å². The van der Waals surface area contributed by atoms with Crippen molar-refractivity contribution in [2.75, 3.05) is 13.4 Å². The van der Waals surface area contributed by atoms with Gasteiger partial charge in [-0.3, -0.25) is 4.79 Å². The van der Waals surface area contributed by atoms with Gasteiger partial charge in [0, 0.05) is 12.7 Å². The molecule has 4 unspecified atom stereocenters. The Morgan fingerprint density at radius 3 is 2.32 bits per heavy atom. The molecule has 2 saturated carbocycles. The first-order valence-electron chi connectivity index (χ1n) is 6.31. The first-order chi connectivity index (χ1) is 8.65. The van der Waals surface area contributed by atoms with Crippen molar-refractivity contribution in [3.05, 3.63) is 0 Å². The van der Waals surface area contributed by atoms with Crippen LogP contribution in [-0.4, -0.2) is 33.0 Å². The molecule has 2 fully saturated rings. The molecule has 0 aromatic carbocycles. The van der Waals surface area contributed by atoms with Crippen LogP contribution >= 0.6 is 0 Å². The molecule has 0 aromatic rings. The van der Waals surface area contributed by atoms with E-state index in [2.05, 4.69) is 0 Å². The maximum Gasteiger partial charge on any atom is 0.345 e. The summed E-state index contributed by atoms with van der Waals surface area (Å²) in [5, 5.41) is -3.66. The molecule has 0 aromatic heterocycles. The standard InChI is InChI=1S/C12H18F2O4S/c1-18-11(15)10-5-7-3-8(10)4-9(7)6-12(13,14)19(2,16)17/h7-10H,3-6H2,1-2H3. The highest BCUT2D eigenvalue weighted by atomic mass is 32.2. The largest absolute Gasteiger partial charge is 0.469 e. The third kappa shape index (κ3) is 2.61. The Labute approximate surface area is 111 Å². The van der Waals surface area contributed by atoms with E-state index in [-0.39, 0.29) is 29.6 Å². The summed E-state index contributed by atoms with van der Waals surface area (Å²) in [4.78, 5) is 11.5. The minimum atomic E-state index is -4.37. The molecule has 0 N–H and O–H groups in total. The normalized spacial score (nSPS) is 34.5. The Morgan fingerprint density at radius 1 is 1.26 bits per heavy atom. The lowest BCUT2D eigenvalue weighted by Crippen LogP contribution is -2.33. The minimum Gasteiger partial charge on any atom is -0.469 e. The summed E-state index contributed by atoms with van der Waals surface area (Å²) in [5.41, 5.74) is 0. The molecule has 0 spiro atoms. The molecule has 110 valence electrons. The average molecular weight is 296 g/mol. The van der Waals surface area contributed by atoms with Gasteiger partial charge < -0.3 is 4.74 Å². The van der Waals surface area contributed by atoms with Gasteiger partial charge in [-0.1, -0.05) is 0 Å². The number of hydrogen-bond donors (Lipinski definition) is 0. The van der Waals surface area contributed by atoms with Crippen molar-refractivity contribution in [2.45, 2.75) is 30.9 Å². The Bertz CT molecular complexity index is 474. The van der Waals surface area contributed by atoms with Crippen molar-refractivity contribution in [3.63, 3.8) is 0 Å². The van der Waals surface area contributed by atoms with Crippen molar-refractivity contribution in [1.29, 1.82) is 0 Å². The van der Waals surface area contributed by atoms with Crippen molar-refractivity contribution in [3.8, 4) is 0 Å². The predicted molar refractivity (Wildman–Crippen MR) is 64.2 cm³/mol. The molecule has 2 aliphatic rings. The second-order valence-corrected chi connectivity index (χ2v) is 7.87. The number of carbonyl (C=O) groups excluding carboxylic acids is 1. The van der Waals surface area contributed by atoms with Crippen LogP contribution in [0.4, 0.5) is 8.78 Å². The summed E-state index contributed by atoms with van der Waals surface area (Å²) < 4.78 is 53.9. The number of ether oxygens (including phenoxy) is 1. The lowest BCUT2D eigenvalue weighted by Gasteiger charge is -2.28. The number of esters is 1. The van der Waals surface area contributed by atoms with Gasteiger partial charge in [-0.25, -0.2) is 8.42 Å². The van der Waals surface area contributed by atoms with Gasteiger partial charge in [0.2, 0.25) is 9.84 Å². The van der Waals surface area contributed by atoms with Gasteiger partial charge in [-0.15, -0.1) is 0 Å². The second kappa shape index (κ2) is 4.68. The number of halogens is 2. The molecule has 7 heteroatoms. The molecular weight excluding hydrogens is 278 g/mol. The van der Waals surface area contributed by atoms with E-state index in [1.807, 2.05) is 0 Å². The smallest absolute Gasteiger partial charge is 0.345 e. The van der Waals surface area contributed by atoms with Crippen LogP contribution in [0.5, 0.6) is 0 Å². The van der Waals surface area contributed by atoms with E-state index in [4.69, 9.17) is 4.74 Å². The molecule has 0 amide bonds. The van der Waals surface area contributed by atoms with Gasteiger partial charge in [-0.2, -0.15) is 8.78 Å². The Balaban J connectivity index is 2.01. The van der Waals surface area contributed by atoms with E-state index in [0.29, 0.717) is 19.1 Å². The maximum atomic E-state index is 13.5. The molecule has 0 aliphatic heterocycles. The molecule has 0 saturated heterocycles. The lowest BCUT2D eigenvalue weighted by atomic mass is 9.80. The predicted octanol–water partition coefficient (Wildman–Crippen LogP) is 1.85. The fourth-order valence-electron chi connectivity index (χ4n) is 3.54. The van der Waals surface area contributed by atoms with Crippen molar-refractivity contribution in [2.24, 2.45) is 23.7 Å². The highest BCUT2D eigenvalue weighted by molar-refractivity contribution is 7.91. The van der Waals surface area contributed by atoms with Crippen molar-refractivity contribution >= 4 is 15.8 Å². The fourth-order valence-corrected chi connectivity index (χ4v) is 4.06. The molecule has 2 bridgehead atoms. The summed E-state index contributed by atoms with van der Waals surface area (Å²) in [5.74, 6) is -0.700. The van der Waals surface area contributed by atoms with E-state index >= 15 is 0 Å². The van der Waals surface area contributed by atoms with E-state index in [0.717, 1.165) is 6.42 Å². The van der Waals surface area contributed by atoms with Crippen LogP contribution in [-0.2, 0) is 19.4 Å². The zero-order chi connectivity index (χ0) is 14.4. The fraction of sp³-hybridized carbons (Fsp3) is 0.917. The van der Waals surface area contributed by atoms with Crippen LogP contribution in [0.1, 0.15) is 25.7 Å². The summed E-state index contributed by atoms with van der Waals surface area (Å²) >= 11 is 0. The second-order valence-electron chi connectivity index (χ2n) is 5.73. The molecule has 4 nitrogen and oxygen atoms in total. The number of methoxy groups -OCH3 is 1. The number of alkyl halides is 2. The lowest BCUT2D eigenvalue weighted by molar-refractivity contribution is -0.147. The summed E-state index contributed by atoms with van der Waals surface area (Å²) in [7, 11) is -3.04. The highest BCUT2D eigenvalue weighted by Crippen LogP contribution is 2.54. The van der Waals surface area contributed by atoms with E-state index in [1.54, 1.807) is 0 Å². The highest BCUT2D eigenvalue weighted by Gasteiger charge is 2.53. The number of rotatable bonds is 4. The number of sulfone groups is 1. The van der Waals surface area contributed by atoms with Crippen molar-refractivity contribution < 1.29 is 26.7 Å². The molecular formula is C12H18F2O4S. The molecule has 0 heterocycles. The SMILES string of the molecule is COC(=O)C1CC2CC1CC2CC(F)(F)S(C)(=O)=O. The molecule has 2 aliphatic carbocycles. The third-order valence-electron chi connectivity index (χ3n) is 4.55.